The van der Waals surface area contributed by atoms with Gasteiger partial charge < -0.3 is 5.32 Å². The molecule has 0 radical (unpaired) electrons. The Kier molecular flexibility index (Phi) is 4.46. The summed E-state index contributed by atoms with van der Waals surface area (Å²) in [5.41, 5.74) is 0.144. The highest BCUT2D eigenvalue weighted by Crippen LogP contribution is 2.21. The van der Waals surface area contributed by atoms with Crippen molar-refractivity contribution < 1.29 is 9.59 Å². The van der Waals surface area contributed by atoms with Crippen LogP contribution in [-0.4, -0.2) is 16.5 Å². The Balaban J connectivity index is 2.69. The van der Waals surface area contributed by atoms with Gasteiger partial charge in [-0.2, -0.15) is 0 Å². The molecule has 0 bridgehead atoms. The first-order valence-corrected chi connectivity index (χ1v) is 6.28. The molecular formula is C13H16BrNO2. The van der Waals surface area contributed by atoms with E-state index >= 15 is 0 Å². The summed E-state index contributed by atoms with van der Waals surface area (Å²) < 4.78 is 0. The minimum atomic E-state index is -0.817. The predicted octanol–water partition coefficient (Wildman–Crippen LogP) is 3.00. The number of anilines is 1. The molecule has 0 aliphatic heterocycles. The minimum Gasteiger partial charge on any atom is -0.325 e. The number of carbonyl (C=O) groups is 2. The highest BCUT2D eigenvalue weighted by molar-refractivity contribution is 9.10. The summed E-state index contributed by atoms with van der Waals surface area (Å²) >= 11 is 3.14. The van der Waals surface area contributed by atoms with Gasteiger partial charge in [0.2, 0.25) is 5.91 Å². The molecule has 17 heavy (non-hydrogen) atoms. The van der Waals surface area contributed by atoms with Gasteiger partial charge in [-0.1, -0.05) is 54.9 Å². The lowest BCUT2D eigenvalue weighted by Crippen LogP contribution is -2.37. The van der Waals surface area contributed by atoms with Crippen LogP contribution in [0.4, 0.5) is 5.69 Å². The highest BCUT2D eigenvalue weighted by Gasteiger charge is 2.32. The number of nitrogens with one attached hydrogen (secondary N) is 1. The first kappa shape index (κ1) is 13.9. The number of ketones is 1. The van der Waals surface area contributed by atoms with Gasteiger partial charge in [0.1, 0.15) is 0 Å². The van der Waals surface area contributed by atoms with Crippen LogP contribution < -0.4 is 5.32 Å². The zero-order valence-electron chi connectivity index (χ0n) is 10.2. The van der Waals surface area contributed by atoms with Crippen LogP contribution in [-0.2, 0) is 9.59 Å². The predicted molar refractivity (Wildman–Crippen MR) is 72.2 cm³/mol. The number of rotatable bonds is 3. The van der Waals surface area contributed by atoms with Crippen LogP contribution in [0.15, 0.2) is 30.3 Å². The molecule has 0 aliphatic rings. The van der Waals surface area contributed by atoms with Gasteiger partial charge in [0, 0.05) is 11.1 Å². The summed E-state index contributed by atoms with van der Waals surface area (Å²) in [7, 11) is 0. The smallest absolute Gasteiger partial charge is 0.245 e. The van der Waals surface area contributed by atoms with Crippen LogP contribution in [0.3, 0.4) is 0 Å². The van der Waals surface area contributed by atoms with Crippen molar-refractivity contribution in [2.75, 3.05) is 5.32 Å². The SMILES string of the molecule is CC(C)(C)C(=O)C(Br)C(=O)Nc1ccccc1. The number of para-hydroxylation sites is 1. The topological polar surface area (TPSA) is 46.2 Å². The summed E-state index contributed by atoms with van der Waals surface area (Å²) in [4.78, 5) is 22.9. The molecule has 1 rings (SSSR count). The Morgan fingerprint density at radius 2 is 1.71 bits per heavy atom. The minimum absolute atomic E-state index is 0.133. The van der Waals surface area contributed by atoms with Crippen LogP contribution in [0.25, 0.3) is 0 Å². The fraction of sp³-hybridized carbons (Fsp3) is 0.385. The normalized spacial score (nSPS) is 12.9. The maximum absolute atomic E-state index is 11.9. The molecule has 1 unspecified atom stereocenters. The molecule has 0 saturated carbocycles. The Morgan fingerprint density at radius 1 is 1.18 bits per heavy atom. The molecule has 0 aromatic heterocycles. The summed E-state index contributed by atoms with van der Waals surface area (Å²) in [6.07, 6.45) is 0. The van der Waals surface area contributed by atoms with Crippen molar-refractivity contribution in [1.29, 1.82) is 0 Å². The number of hydrogen-bond donors (Lipinski definition) is 1. The van der Waals surface area contributed by atoms with E-state index in [1.807, 2.05) is 18.2 Å². The number of Topliss-reactive ketones (excluding diaryl/α,β-unsaturated/α-hetero) is 1. The van der Waals surface area contributed by atoms with Gasteiger partial charge in [-0.3, -0.25) is 9.59 Å². The molecule has 3 nitrogen and oxygen atoms in total. The fourth-order valence-corrected chi connectivity index (χ4v) is 2.03. The van der Waals surface area contributed by atoms with Crippen molar-refractivity contribution in [2.45, 2.75) is 25.6 Å². The fourth-order valence-electron chi connectivity index (χ4n) is 1.23. The van der Waals surface area contributed by atoms with Gasteiger partial charge in [-0.05, 0) is 12.1 Å². The van der Waals surface area contributed by atoms with Crippen molar-refractivity contribution in [1.82, 2.24) is 0 Å². The standard InChI is InChI=1S/C13H16BrNO2/c1-13(2,3)11(16)10(14)12(17)15-9-7-5-4-6-8-9/h4-8,10H,1-3H3,(H,15,17). The Hall–Kier alpha value is -1.16. The van der Waals surface area contributed by atoms with Crippen LogP contribution in [0, 0.1) is 5.41 Å². The van der Waals surface area contributed by atoms with Crippen LogP contribution in [0.1, 0.15) is 20.8 Å². The van der Waals surface area contributed by atoms with Gasteiger partial charge in [-0.15, -0.1) is 0 Å². The molecule has 0 aliphatic carbocycles. The van der Waals surface area contributed by atoms with Gasteiger partial charge in [0.15, 0.2) is 10.6 Å². The van der Waals surface area contributed by atoms with Gasteiger partial charge >= 0.3 is 0 Å². The zero-order valence-corrected chi connectivity index (χ0v) is 11.7. The molecule has 0 fully saturated rings. The lowest BCUT2D eigenvalue weighted by molar-refractivity contribution is -0.129. The molecule has 0 spiro atoms. The Bertz CT molecular complexity index is 409. The summed E-state index contributed by atoms with van der Waals surface area (Å²) in [6, 6.07) is 9.06. The third kappa shape index (κ3) is 3.97. The molecule has 1 amide bonds. The third-order valence-corrected chi connectivity index (χ3v) is 3.07. The monoisotopic (exact) mass is 297 g/mol. The molecule has 1 atom stereocenters. The van der Waals surface area contributed by atoms with Gasteiger partial charge in [0.25, 0.3) is 0 Å². The van der Waals surface area contributed by atoms with E-state index in [0.29, 0.717) is 5.69 Å². The van der Waals surface area contributed by atoms with E-state index in [2.05, 4.69) is 21.2 Å². The van der Waals surface area contributed by atoms with Gasteiger partial charge in [0.05, 0.1) is 0 Å². The number of amides is 1. The number of benzene rings is 1. The third-order valence-electron chi connectivity index (χ3n) is 2.24. The van der Waals surface area contributed by atoms with E-state index in [1.54, 1.807) is 32.9 Å². The average Bonchev–Trinajstić information content (AvgIpc) is 2.27. The molecule has 4 heteroatoms. The zero-order chi connectivity index (χ0) is 13.1. The average molecular weight is 298 g/mol. The highest BCUT2D eigenvalue weighted by atomic mass is 79.9. The van der Waals surface area contributed by atoms with Crippen molar-refractivity contribution in [3.63, 3.8) is 0 Å². The molecule has 0 saturated heterocycles. The van der Waals surface area contributed by atoms with Crippen molar-refractivity contribution in [2.24, 2.45) is 5.41 Å². The maximum atomic E-state index is 11.9. The van der Waals surface area contributed by atoms with Crippen LogP contribution >= 0.6 is 15.9 Å². The summed E-state index contributed by atoms with van der Waals surface area (Å²) in [5.74, 6) is -0.470. The summed E-state index contributed by atoms with van der Waals surface area (Å²) in [5, 5.41) is 2.69. The van der Waals surface area contributed by atoms with E-state index in [-0.39, 0.29) is 11.7 Å². The van der Waals surface area contributed by atoms with Crippen LogP contribution in [0.2, 0.25) is 0 Å². The van der Waals surface area contributed by atoms with E-state index in [4.69, 9.17) is 0 Å². The number of hydrogen-bond acceptors (Lipinski definition) is 2. The largest absolute Gasteiger partial charge is 0.325 e. The van der Waals surface area contributed by atoms with E-state index in [9.17, 15) is 9.59 Å². The Morgan fingerprint density at radius 3 is 2.18 bits per heavy atom. The second-order valence-corrected chi connectivity index (χ2v) is 5.75. The quantitative estimate of drug-likeness (QED) is 0.689. The number of alkyl halides is 1. The van der Waals surface area contributed by atoms with E-state index in [1.165, 1.54) is 0 Å². The first-order valence-electron chi connectivity index (χ1n) is 5.36. The molecule has 0 heterocycles. The molecule has 1 aromatic rings. The molecule has 1 aromatic carbocycles. The van der Waals surface area contributed by atoms with E-state index in [0.717, 1.165) is 0 Å². The molecule has 92 valence electrons. The van der Waals surface area contributed by atoms with Crippen molar-refractivity contribution >= 4 is 33.3 Å². The molecular weight excluding hydrogens is 282 g/mol. The lowest BCUT2D eigenvalue weighted by Gasteiger charge is -2.20. The molecule has 1 N–H and O–H groups in total. The van der Waals surface area contributed by atoms with Crippen molar-refractivity contribution in [3.05, 3.63) is 30.3 Å². The Labute approximate surface area is 110 Å². The summed E-state index contributed by atoms with van der Waals surface area (Å²) in [6.45, 7) is 5.37. The first-order chi connectivity index (χ1) is 7.82. The second-order valence-electron chi connectivity index (χ2n) is 4.83. The lowest BCUT2D eigenvalue weighted by atomic mass is 9.89. The number of carbonyl (C=O) groups excluding carboxylic acids is 2. The number of halogens is 1. The van der Waals surface area contributed by atoms with Crippen molar-refractivity contribution in [3.8, 4) is 0 Å². The van der Waals surface area contributed by atoms with Gasteiger partial charge in [-0.25, -0.2) is 0 Å². The van der Waals surface area contributed by atoms with E-state index < -0.39 is 10.2 Å². The second kappa shape index (κ2) is 5.45. The maximum Gasteiger partial charge on any atom is 0.245 e. The van der Waals surface area contributed by atoms with Crippen LogP contribution in [0.5, 0.6) is 0 Å².